The topological polar surface area (TPSA) is 75.5 Å². The number of nitrogens with one attached hydrogen (secondary N) is 1. The SMILES string of the molecule is CN(C)C[C@@H](NC(=O)CSc1ccc([N+](=O)[O-])cc1)c1ccccc1. The summed E-state index contributed by atoms with van der Waals surface area (Å²) in [6.45, 7) is 0.706. The molecule has 2 aromatic carbocycles. The molecular weight excluding hydrogens is 338 g/mol. The molecular formula is C18H21N3O3S. The third-order valence-electron chi connectivity index (χ3n) is 3.50. The average Bonchev–Trinajstić information content (AvgIpc) is 2.60. The minimum Gasteiger partial charge on any atom is -0.347 e. The molecule has 0 unspecified atom stereocenters. The number of carbonyl (C=O) groups is 1. The number of hydrogen-bond acceptors (Lipinski definition) is 5. The Kier molecular flexibility index (Phi) is 6.97. The van der Waals surface area contributed by atoms with Crippen molar-refractivity contribution >= 4 is 23.4 Å². The molecule has 0 fully saturated rings. The number of rotatable bonds is 8. The second kappa shape index (κ2) is 9.19. The lowest BCUT2D eigenvalue weighted by molar-refractivity contribution is -0.384. The summed E-state index contributed by atoms with van der Waals surface area (Å²) in [5.74, 6) is 0.188. The molecule has 2 aromatic rings. The summed E-state index contributed by atoms with van der Waals surface area (Å²) < 4.78 is 0. The monoisotopic (exact) mass is 359 g/mol. The number of likely N-dealkylation sites (N-methyl/N-ethyl adjacent to an activating group) is 1. The van der Waals surface area contributed by atoms with Gasteiger partial charge in [0.05, 0.1) is 16.7 Å². The van der Waals surface area contributed by atoms with Gasteiger partial charge in [-0.1, -0.05) is 30.3 Å². The number of hydrogen-bond donors (Lipinski definition) is 1. The van der Waals surface area contributed by atoms with Crippen molar-refractivity contribution in [2.75, 3.05) is 26.4 Å². The number of nitrogens with zero attached hydrogens (tertiary/aromatic N) is 2. The third-order valence-corrected chi connectivity index (χ3v) is 4.51. The molecule has 0 aromatic heterocycles. The Bertz CT molecular complexity index is 705. The molecule has 0 saturated heterocycles. The van der Waals surface area contributed by atoms with E-state index in [1.807, 2.05) is 49.3 Å². The van der Waals surface area contributed by atoms with Crippen LogP contribution in [-0.2, 0) is 4.79 Å². The molecule has 132 valence electrons. The standard InChI is InChI=1S/C18H21N3O3S/c1-20(2)12-17(14-6-4-3-5-7-14)19-18(22)13-25-16-10-8-15(9-11-16)21(23)24/h3-11,17H,12-13H2,1-2H3,(H,19,22)/t17-/m1/s1. The van der Waals surface area contributed by atoms with Crippen LogP contribution in [-0.4, -0.2) is 42.1 Å². The lowest BCUT2D eigenvalue weighted by Crippen LogP contribution is -2.36. The quantitative estimate of drug-likeness (QED) is 0.445. The Morgan fingerprint density at radius 2 is 1.80 bits per heavy atom. The summed E-state index contributed by atoms with van der Waals surface area (Å²) in [4.78, 5) is 25.4. The molecule has 6 nitrogen and oxygen atoms in total. The van der Waals surface area contributed by atoms with E-state index in [1.54, 1.807) is 12.1 Å². The van der Waals surface area contributed by atoms with Crippen LogP contribution >= 0.6 is 11.8 Å². The van der Waals surface area contributed by atoms with Crippen molar-refractivity contribution in [2.24, 2.45) is 0 Å². The molecule has 0 aliphatic heterocycles. The summed E-state index contributed by atoms with van der Waals surface area (Å²) in [5, 5.41) is 13.7. The zero-order valence-electron chi connectivity index (χ0n) is 14.2. The fraction of sp³-hybridized carbons (Fsp3) is 0.278. The number of non-ortho nitro benzene ring substituents is 1. The molecule has 0 aliphatic rings. The Balaban J connectivity index is 1.93. The summed E-state index contributed by atoms with van der Waals surface area (Å²) in [6.07, 6.45) is 0. The summed E-state index contributed by atoms with van der Waals surface area (Å²) in [5.41, 5.74) is 1.11. The van der Waals surface area contributed by atoms with Crippen molar-refractivity contribution in [1.82, 2.24) is 10.2 Å². The molecule has 0 radical (unpaired) electrons. The minimum atomic E-state index is -0.438. The zero-order chi connectivity index (χ0) is 18.2. The average molecular weight is 359 g/mol. The molecule has 1 amide bonds. The van der Waals surface area contributed by atoms with Gasteiger partial charge in [-0.3, -0.25) is 14.9 Å². The predicted molar refractivity (Wildman–Crippen MR) is 99.7 cm³/mol. The number of nitro benzene ring substituents is 1. The van der Waals surface area contributed by atoms with Crippen LogP contribution in [0.15, 0.2) is 59.5 Å². The first-order chi connectivity index (χ1) is 12.0. The Morgan fingerprint density at radius 3 is 2.36 bits per heavy atom. The lowest BCUT2D eigenvalue weighted by Gasteiger charge is -2.22. The van der Waals surface area contributed by atoms with Crippen molar-refractivity contribution in [3.8, 4) is 0 Å². The molecule has 0 aliphatic carbocycles. The van der Waals surface area contributed by atoms with E-state index in [0.29, 0.717) is 6.54 Å². The Hall–Kier alpha value is -2.38. The molecule has 0 bridgehead atoms. The van der Waals surface area contributed by atoms with Crippen molar-refractivity contribution in [2.45, 2.75) is 10.9 Å². The Morgan fingerprint density at radius 1 is 1.16 bits per heavy atom. The van der Waals surface area contributed by atoms with Gasteiger partial charge < -0.3 is 10.2 Å². The van der Waals surface area contributed by atoms with Crippen LogP contribution in [0.5, 0.6) is 0 Å². The van der Waals surface area contributed by atoms with Gasteiger partial charge in [0, 0.05) is 23.6 Å². The third kappa shape index (κ3) is 6.21. The molecule has 1 atom stereocenters. The second-order valence-corrected chi connectivity index (χ2v) is 6.88. The molecule has 0 spiro atoms. The van der Waals surface area contributed by atoms with Gasteiger partial charge in [-0.05, 0) is 31.8 Å². The largest absolute Gasteiger partial charge is 0.347 e. The van der Waals surface area contributed by atoms with Gasteiger partial charge in [0.15, 0.2) is 0 Å². The van der Waals surface area contributed by atoms with E-state index in [2.05, 4.69) is 5.32 Å². The van der Waals surface area contributed by atoms with E-state index in [1.165, 1.54) is 23.9 Å². The predicted octanol–water partition coefficient (Wildman–Crippen LogP) is 3.11. The number of benzene rings is 2. The number of carbonyl (C=O) groups excluding carboxylic acids is 1. The molecule has 25 heavy (non-hydrogen) atoms. The number of nitro groups is 1. The minimum absolute atomic E-state index is 0.0453. The number of amides is 1. The molecule has 7 heteroatoms. The molecule has 2 rings (SSSR count). The maximum atomic E-state index is 12.3. The van der Waals surface area contributed by atoms with E-state index >= 15 is 0 Å². The van der Waals surface area contributed by atoms with Gasteiger partial charge in [-0.15, -0.1) is 11.8 Å². The highest BCUT2D eigenvalue weighted by atomic mass is 32.2. The first-order valence-corrected chi connectivity index (χ1v) is 8.80. The Labute approximate surface area is 151 Å². The van der Waals surface area contributed by atoms with Crippen molar-refractivity contribution in [1.29, 1.82) is 0 Å². The second-order valence-electron chi connectivity index (χ2n) is 5.83. The molecule has 0 heterocycles. The van der Waals surface area contributed by atoms with Gasteiger partial charge in [-0.25, -0.2) is 0 Å². The van der Waals surface area contributed by atoms with Gasteiger partial charge >= 0.3 is 0 Å². The fourth-order valence-electron chi connectivity index (χ4n) is 2.33. The van der Waals surface area contributed by atoms with Gasteiger partial charge in [0.1, 0.15) is 0 Å². The highest BCUT2D eigenvalue weighted by Gasteiger charge is 2.15. The van der Waals surface area contributed by atoms with E-state index < -0.39 is 4.92 Å². The summed E-state index contributed by atoms with van der Waals surface area (Å²) in [6, 6.07) is 16.0. The van der Waals surface area contributed by atoms with Crippen LogP contribution in [0.25, 0.3) is 0 Å². The highest BCUT2D eigenvalue weighted by Crippen LogP contribution is 2.21. The van der Waals surface area contributed by atoms with Crippen molar-refractivity contribution in [3.63, 3.8) is 0 Å². The molecule has 1 N–H and O–H groups in total. The van der Waals surface area contributed by atoms with Crippen molar-refractivity contribution < 1.29 is 9.72 Å². The maximum absolute atomic E-state index is 12.3. The van der Waals surface area contributed by atoms with E-state index in [0.717, 1.165) is 10.5 Å². The van der Waals surface area contributed by atoms with Crippen LogP contribution in [0, 0.1) is 10.1 Å². The van der Waals surface area contributed by atoms with Crippen LogP contribution in [0.2, 0.25) is 0 Å². The van der Waals surface area contributed by atoms with Crippen LogP contribution in [0.4, 0.5) is 5.69 Å². The summed E-state index contributed by atoms with van der Waals surface area (Å²) >= 11 is 1.36. The zero-order valence-corrected chi connectivity index (χ0v) is 15.0. The fourth-order valence-corrected chi connectivity index (χ4v) is 3.04. The van der Waals surface area contributed by atoms with Gasteiger partial charge in [0.2, 0.25) is 5.91 Å². The van der Waals surface area contributed by atoms with E-state index in [9.17, 15) is 14.9 Å². The van der Waals surface area contributed by atoms with Crippen LogP contribution in [0.1, 0.15) is 11.6 Å². The van der Waals surface area contributed by atoms with Crippen LogP contribution in [0.3, 0.4) is 0 Å². The van der Waals surface area contributed by atoms with E-state index in [-0.39, 0.29) is 23.4 Å². The van der Waals surface area contributed by atoms with Gasteiger partial charge in [-0.2, -0.15) is 0 Å². The van der Waals surface area contributed by atoms with Gasteiger partial charge in [0.25, 0.3) is 5.69 Å². The maximum Gasteiger partial charge on any atom is 0.269 e. The summed E-state index contributed by atoms with van der Waals surface area (Å²) in [7, 11) is 3.93. The highest BCUT2D eigenvalue weighted by molar-refractivity contribution is 8.00. The normalized spacial score (nSPS) is 12.0. The van der Waals surface area contributed by atoms with Crippen LogP contribution < -0.4 is 5.32 Å². The smallest absolute Gasteiger partial charge is 0.269 e. The molecule has 0 saturated carbocycles. The lowest BCUT2D eigenvalue weighted by atomic mass is 10.1. The first kappa shape index (κ1) is 19.0. The number of thioether (sulfide) groups is 1. The van der Waals surface area contributed by atoms with E-state index in [4.69, 9.17) is 0 Å². The first-order valence-electron chi connectivity index (χ1n) is 7.82. The van der Waals surface area contributed by atoms with Crippen molar-refractivity contribution in [3.05, 3.63) is 70.3 Å².